The first-order valence-electron chi connectivity index (χ1n) is 9.32. The Bertz CT molecular complexity index is 1190. The van der Waals surface area contributed by atoms with Crippen LogP contribution in [0.15, 0.2) is 43.0 Å². The lowest BCUT2D eigenvalue weighted by molar-refractivity contribution is -0.121. The molecule has 1 fully saturated rings. The number of H-pyrrole nitrogens is 1. The van der Waals surface area contributed by atoms with Gasteiger partial charge in [-0.05, 0) is 43.5 Å². The Hall–Kier alpha value is -3.42. The van der Waals surface area contributed by atoms with Gasteiger partial charge in [0.15, 0.2) is 0 Å². The number of hydrogen-bond donors (Lipinski definition) is 3. The van der Waals surface area contributed by atoms with Crippen LogP contribution in [0.3, 0.4) is 0 Å². The molecule has 5 rings (SSSR count). The second kappa shape index (κ2) is 6.05. The molecule has 0 bridgehead atoms. The van der Waals surface area contributed by atoms with Crippen LogP contribution in [0.2, 0.25) is 0 Å². The van der Waals surface area contributed by atoms with E-state index in [2.05, 4.69) is 43.7 Å². The van der Waals surface area contributed by atoms with Crippen molar-refractivity contribution in [2.75, 3.05) is 5.32 Å². The molecular formula is C20H21N7O. The number of aromatic nitrogens is 5. The fourth-order valence-corrected chi connectivity index (χ4v) is 4.14. The normalized spacial score (nSPS) is 21.6. The van der Waals surface area contributed by atoms with Crippen molar-refractivity contribution in [3.05, 3.63) is 43.0 Å². The maximum Gasteiger partial charge on any atom is 0.224 e. The lowest BCUT2D eigenvalue weighted by Gasteiger charge is -2.45. The van der Waals surface area contributed by atoms with Crippen molar-refractivity contribution in [3.8, 4) is 11.1 Å². The number of anilines is 1. The van der Waals surface area contributed by atoms with Crippen molar-refractivity contribution >= 4 is 28.4 Å². The van der Waals surface area contributed by atoms with Gasteiger partial charge in [0.25, 0.3) is 0 Å². The number of pyridine rings is 1. The summed E-state index contributed by atoms with van der Waals surface area (Å²) in [4.78, 5) is 23.6. The number of carbonyl (C=O) groups excluding carboxylic acids is 1. The average Bonchev–Trinajstić information content (AvgIpc) is 3.25. The number of fused-ring (bicyclic) bond motifs is 2. The second-order valence-electron chi connectivity index (χ2n) is 7.77. The maximum atomic E-state index is 11.3. The van der Waals surface area contributed by atoms with E-state index in [-0.39, 0.29) is 17.5 Å². The van der Waals surface area contributed by atoms with Gasteiger partial charge in [-0.25, -0.2) is 9.50 Å². The Kier molecular flexibility index (Phi) is 3.61. The number of nitrogens with one attached hydrogen (secondary N) is 3. The summed E-state index contributed by atoms with van der Waals surface area (Å²) >= 11 is 0. The van der Waals surface area contributed by atoms with Gasteiger partial charge in [-0.1, -0.05) is 0 Å². The molecule has 0 atom stereocenters. The molecule has 142 valence electrons. The fourth-order valence-electron chi connectivity index (χ4n) is 4.14. The van der Waals surface area contributed by atoms with Crippen molar-refractivity contribution in [1.82, 2.24) is 29.9 Å². The minimum Gasteiger partial charge on any atom is -0.351 e. The van der Waals surface area contributed by atoms with Crippen molar-refractivity contribution in [2.24, 2.45) is 0 Å². The number of hydrogen-bond acceptors (Lipinski definition) is 5. The fraction of sp³-hybridized carbons (Fsp3) is 0.300. The molecule has 0 unspecified atom stereocenters. The van der Waals surface area contributed by atoms with Crippen LogP contribution < -0.4 is 10.6 Å². The molecule has 0 radical (unpaired) electrons. The number of aromatic amines is 1. The van der Waals surface area contributed by atoms with E-state index in [1.807, 2.05) is 35.2 Å². The van der Waals surface area contributed by atoms with Crippen LogP contribution in [-0.2, 0) is 4.79 Å². The minimum atomic E-state index is -0.139. The number of rotatable bonds is 4. The van der Waals surface area contributed by atoms with E-state index in [9.17, 15) is 4.79 Å². The first-order chi connectivity index (χ1) is 13.5. The van der Waals surface area contributed by atoms with E-state index >= 15 is 0 Å². The maximum absolute atomic E-state index is 11.3. The first-order valence-corrected chi connectivity index (χ1v) is 9.32. The van der Waals surface area contributed by atoms with Crippen molar-refractivity contribution in [1.29, 1.82) is 0 Å². The molecule has 1 amide bonds. The predicted molar refractivity (Wildman–Crippen MR) is 107 cm³/mol. The summed E-state index contributed by atoms with van der Waals surface area (Å²) in [5, 5.41) is 11.6. The standard InChI is InChI=1S/C20H21N7O/c1-12(28)26-20(2)8-14(9-20)24-19-22-11-17-16(10-21-18(17)25-19)13-4-6-27-15(7-13)3-5-23-27/h3-7,10-11,14H,8-9H2,1-2H3,(H,26,28)(H2,21,22,24,25). The van der Waals surface area contributed by atoms with Crippen LogP contribution in [-0.4, -0.2) is 42.1 Å². The Labute approximate surface area is 161 Å². The van der Waals surface area contributed by atoms with E-state index in [4.69, 9.17) is 0 Å². The smallest absolute Gasteiger partial charge is 0.224 e. The zero-order valence-corrected chi connectivity index (χ0v) is 15.7. The molecule has 0 spiro atoms. The molecule has 4 heterocycles. The molecule has 4 aromatic rings. The van der Waals surface area contributed by atoms with Gasteiger partial charge in [0, 0.05) is 54.2 Å². The highest BCUT2D eigenvalue weighted by atomic mass is 16.1. The van der Waals surface area contributed by atoms with Gasteiger partial charge in [-0.3, -0.25) is 4.79 Å². The van der Waals surface area contributed by atoms with Gasteiger partial charge in [0.1, 0.15) is 5.65 Å². The van der Waals surface area contributed by atoms with Crippen LogP contribution in [0, 0.1) is 0 Å². The summed E-state index contributed by atoms with van der Waals surface area (Å²) in [5.41, 5.74) is 3.85. The SMILES string of the molecule is CC(=O)NC1(C)CC(Nc2ncc3c(-c4ccn5nccc5c4)c[nH]c3n2)C1. The molecule has 1 aliphatic rings. The van der Waals surface area contributed by atoms with Crippen LogP contribution in [0.5, 0.6) is 0 Å². The molecule has 8 nitrogen and oxygen atoms in total. The summed E-state index contributed by atoms with van der Waals surface area (Å²) in [6.07, 6.45) is 9.26. The minimum absolute atomic E-state index is 0.00616. The van der Waals surface area contributed by atoms with Crippen LogP contribution in [0.4, 0.5) is 5.95 Å². The monoisotopic (exact) mass is 375 g/mol. The van der Waals surface area contributed by atoms with E-state index in [1.165, 1.54) is 0 Å². The topological polar surface area (TPSA) is 100 Å². The largest absolute Gasteiger partial charge is 0.351 e. The molecule has 28 heavy (non-hydrogen) atoms. The highest BCUT2D eigenvalue weighted by Gasteiger charge is 2.41. The van der Waals surface area contributed by atoms with Crippen LogP contribution >= 0.6 is 0 Å². The van der Waals surface area contributed by atoms with E-state index in [1.54, 1.807) is 13.1 Å². The third-order valence-electron chi connectivity index (χ3n) is 5.35. The number of nitrogens with zero attached hydrogens (tertiary/aromatic N) is 4. The van der Waals surface area contributed by atoms with Crippen molar-refractivity contribution in [2.45, 2.75) is 38.3 Å². The zero-order valence-electron chi connectivity index (χ0n) is 15.7. The van der Waals surface area contributed by atoms with E-state index in [0.717, 1.165) is 40.5 Å². The van der Waals surface area contributed by atoms with E-state index in [0.29, 0.717) is 5.95 Å². The first kappa shape index (κ1) is 16.7. The lowest BCUT2D eigenvalue weighted by atomic mass is 9.74. The van der Waals surface area contributed by atoms with E-state index < -0.39 is 0 Å². The summed E-state index contributed by atoms with van der Waals surface area (Å²) in [6, 6.07) is 6.36. The van der Waals surface area contributed by atoms with Gasteiger partial charge in [-0.2, -0.15) is 10.1 Å². The Morgan fingerprint density at radius 3 is 3.04 bits per heavy atom. The Balaban J connectivity index is 1.36. The molecule has 8 heteroatoms. The summed E-state index contributed by atoms with van der Waals surface area (Å²) in [5.74, 6) is 0.605. The summed E-state index contributed by atoms with van der Waals surface area (Å²) < 4.78 is 1.84. The molecular weight excluding hydrogens is 354 g/mol. The zero-order chi connectivity index (χ0) is 19.3. The van der Waals surface area contributed by atoms with Crippen LogP contribution in [0.25, 0.3) is 27.7 Å². The average molecular weight is 375 g/mol. The third-order valence-corrected chi connectivity index (χ3v) is 5.35. The highest BCUT2D eigenvalue weighted by molar-refractivity contribution is 5.94. The highest BCUT2D eigenvalue weighted by Crippen LogP contribution is 2.34. The predicted octanol–water partition coefficient (Wildman–Crippen LogP) is 2.74. The van der Waals surface area contributed by atoms with Crippen molar-refractivity contribution in [3.63, 3.8) is 0 Å². The van der Waals surface area contributed by atoms with Gasteiger partial charge >= 0.3 is 0 Å². The molecule has 1 aliphatic carbocycles. The third kappa shape index (κ3) is 2.87. The quantitative estimate of drug-likeness (QED) is 0.509. The molecule has 1 saturated carbocycles. The lowest BCUT2D eigenvalue weighted by Crippen LogP contribution is -2.59. The van der Waals surface area contributed by atoms with Gasteiger partial charge in [0.05, 0.1) is 5.52 Å². The van der Waals surface area contributed by atoms with Gasteiger partial charge < -0.3 is 15.6 Å². The summed E-state index contributed by atoms with van der Waals surface area (Å²) in [7, 11) is 0. The number of amides is 1. The molecule has 4 aromatic heterocycles. The Morgan fingerprint density at radius 1 is 1.36 bits per heavy atom. The Morgan fingerprint density at radius 2 is 2.21 bits per heavy atom. The van der Waals surface area contributed by atoms with Crippen LogP contribution in [0.1, 0.15) is 26.7 Å². The second-order valence-corrected chi connectivity index (χ2v) is 7.77. The van der Waals surface area contributed by atoms with Gasteiger partial charge in [-0.15, -0.1) is 0 Å². The van der Waals surface area contributed by atoms with Gasteiger partial charge in [0.2, 0.25) is 11.9 Å². The molecule has 0 aliphatic heterocycles. The molecule has 3 N–H and O–H groups in total. The summed E-state index contributed by atoms with van der Waals surface area (Å²) in [6.45, 7) is 3.61. The number of carbonyl (C=O) groups is 1. The molecule has 0 saturated heterocycles. The van der Waals surface area contributed by atoms with Crippen molar-refractivity contribution < 1.29 is 4.79 Å². The molecule has 0 aromatic carbocycles.